The fourth-order valence-electron chi connectivity index (χ4n) is 2.33. The first kappa shape index (κ1) is 14.3. The molecule has 2 heterocycles. The van der Waals surface area contributed by atoms with Gasteiger partial charge in [-0.2, -0.15) is 5.10 Å². The second kappa shape index (κ2) is 6.36. The Morgan fingerprint density at radius 1 is 1.68 bits per heavy atom. The number of nitrogens with one attached hydrogen (secondary N) is 1. The summed E-state index contributed by atoms with van der Waals surface area (Å²) in [7, 11) is 1.56. The van der Waals surface area contributed by atoms with Crippen LogP contribution in [0.3, 0.4) is 0 Å². The molecule has 19 heavy (non-hydrogen) atoms. The van der Waals surface area contributed by atoms with E-state index in [1.807, 2.05) is 4.90 Å². The maximum absolute atomic E-state index is 11.8. The maximum atomic E-state index is 11.8. The van der Waals surface area contributed by atoms with Crippen LogP contribution in [0.4, 0.5) is 5.69 Å². The molecule has 1 aromatic heterocycles. The molecule has 0 aromatic carbocycles. The number of aryl methyl sites for hydroxylation is 1. The zero-order valence-electron chi connectivity index (χ0n) is 11.0. The van der Waals surface area contributed by atoms with Crippen LogP contribution < -0.4 is 15.8 Å². The van der Waals surface area contributed by atoms with Crippen LogP contribution in [0.2, 0.25) is 5.02 Å². The first-order chi connectivity index (χ1) is 9.13. The number of halogens is 1. The van der Waals surface area contributed by atoms with Crippen molar-refractivity contribution in [3.05, 3.63) is 21.6 Å². The molecule has 0 saturated carbocycles. The van der Waals surface area contributed by atoms with Crippen molar-refractivity contribution in [2.45, 2.75) is 18.9 Å². The van der Waals surface area contributed by atoms with E-state index in [2.05, 4.69) is 10.4 Å². The molecule has 1 fully saturated rings. The third kappa shape index (κ3) is 3.26. The van der Waals surface area contributed by atoms with Gasteiger partial charge in [-0.05, 0) is 19.4 Å². The van der Waals surface area contributed by atoms with Crippen LogP contribution in [0, 0.1) is 0 Å². The summed E-state index contributed by atoms with van der Waals surface area (Å²) in [6.07, 6.45) is 3.83. The van der Waals surface area contributed by atoms with E-state index in [4.69, 9.17) is 11.6 Å². The minimum absolute atomic E-state index is 0.0122. The van der Waals surface area contributed by atoms with Crippen LogP contribution in [-0.2, 0) is 7.05 Å². The zero-order chi connectivity index (χ0) is 13.8. The van der Waals surface area contributed by atoms with E-state index < -0.39 is 0 Å². The van der Waals surface area contributed by atoms with Gasteiger partial charge in [0.2, 0.25) is 0 Å². The number of aromatic nitrogens is 2. The smallest absolute Gasteiger partial charge is 0.287 e. The standard InChI is InChI=1S/C12H19ClN4O2/c1-16-12(19)11(13)10(7-15-16)17(5-6-18)8-9-3-2-4-14-9/h7,9,14,18H,2-6,8H2,1H3. The van der Waals surface area contributed by atoms with Crippen LogP contribution in [-0.4, -0.2) is 47.2 Å². The third-order valence-electron chi connectivity index (χ3n) is 3.37. The largest absolute Gasteiger partial charge is 0.395 e. The Balaban J connectivity index is 2.22. The van der Waals surface area contributed by atoms with Crippen LogP contribution in [0.5, 0.6) is 0 Å². The van der Waals surface area contributed by atoms with Crippen LogP contribution in [0.15, 0.2) is 11.0 Å². The highest BCUT2D eigenvalue weighted by molar-refractivity contribution is 6.33. The SMILES string of the molecule is Cn1ncc(N(CCO)CC2CCCN2)c(Cl)c1=O. The maximum Gasteiger partial charge on any atom is 0.287 e. The van der Waals surface area contributed by atoms with E-state index in [0.29, 0.717) is 18.3 Å². The quantitative estimate of drug-likeness (QED) is 0.796. The lowest BCUT2D eigenvalue weighted by Gasteiger charge is -2.27. The number of nitrogens with zero attached hydrogens (tertiary/aromatic N) is 3. The molecule has 0 spiro atoms. The van der Waals surface area contributed by atoms with Gasteiger partial charge in [0.25, 0.3) is 5.56 Å². The van der Waals surface area contributed by atoms with Gasteiger partial charge >= 0.3 is 0 Å². The summed E-state index contributed by atoms with van der Waals surface area (Å²) in [5.41, 5.74) is 0.272. The Kier molecular flexibility index (Phi) is 4.79. The Bertz CT molecular complexity index is 485. The number of rotatable bonds is 5. The van der Waals surface area contributed by atoms with Gasteiger partial charge in [0.15, 0.2) is 0 Å². The normalized spacial score (nSPS) is 18.8. The van der Waals surface area contributed by atoms with Crippen molar-refractivity contribution in [1.29, 1.82) is 0 Å². The van der Waals surface area contributed by atoms with E-state index in [9.17, 15) is 9.90 Å². The van der Waals surface area contributed by atoms with Crippen molar-refractivity contribution in [1.82, 2.24) is 15.1 Å². The average molecular weight is 287 g/mol. The van der Waals surface area contributed by atoms with E-state index >= 15 is 0 Å². The lowest BCUT2D eigenvalue weighted by molar-refractivity contribution is 0.300. The van der Waals surface area contributed by atoms with Gasteiger partial charge in [-0.25, -0.2) is 4.68 Å². The molecule has 1 aliphatic rings. The van der Waals surface area contributed by atoms with Crippen LogP contribution in [0.25, 0.3) is 0 Å². The van der Waals surface area contributed by atoms with E-state index in [1.54, 1.807) is 13.2 Å². The van der Waals surface area contributed by atoms with Gasteiger partial charge in [-0.3, -0.25) is 4.79 Å². The molecule has 0 amide bonds. The molecule has 1 unspecified atom stereocenters. The molecule has 0 radical (unpaired) electrons. The van der Waals surface area contributed by atoms with Crippen LogP contribution >= 0.6 is 11.6 Å². The molecular formula is C12H19ClN4O2. The first-order valence-corrected chi connectivity index (χ1v) is 6.82. The molecule has 1 saturated heterocycles. The highest BCUT2D eigenvalue weighted by Gasteiger charge is 2.20. The fourth-order valence-corrected chi connectivity index (χ4v) is 2.62. The monoisotopic (exact) mass is 286 g/mol. The third-order valence-corrected chi connectivity index (χ3v) is 3.73. The van der Waals surface area contributed by atoms with Gasteiger partial charge < -0.3 is 15.3 Å². The molecule has 7 heteroatoms. The zero-order valence-corrected chi connectivity index (χ0v) is 11.7. The number of hydrogen-bond donors (Lipinski definition) is 2. The summed E-state index contributed by atoms with van der Waals surface area (Å²) in [4.78, 5) is 13.7. The Morgan fingerprint density at radius 3 is 3.11 bits per heavy atom. The van der Waals surface area contributed by atoms with E-state index in [0.717, 1.165) is 25.9 Å². The summed E-state index contributed by atoms with van der Waals surface area (Å²) >= 11 is 6.10. The van der Waals surface area contributed by atoms with Gasteiger partial charge in [0.1, 0.15) is 5.02 Å². The summed E-state index contributed by atoms with van der Waals surface area (Å²) in [6, 6.07) is 0.367. The second-order valence-corrected chi connectivity index (χ2v) is 5.11. The second-order valence-electron chi connectivity index (χ2n) is 4.74. The highest BCUT2D eigenvalue weighted by atomic mass is 35.5. The molecule has 0 aliphatic carbocycles. The molecule has 1 aliphatic heterocycles. The molecular weight excluding hydrogens is 268 g/mol. The lowest BCUT2D eigenvalue weighted by Crippen LogP contribution is -2.40. The average Bonchev–Trinajstić information content (AvgIpc) is 2.89. The molecule has 106 valence electrons. The number of hydrogen-bond acceptors (Lipinski definition) is 5. The van der Waals surface area contributed by atoms with Gasteiger partial charge in [0.05, 0.1) is 18.5 Å². The predicted molar refractivity (Wildman–Crippen MR) is 74.8 cm³/mol. The van der Waals surface area contributed by atoms with Crippen molar-refractivity contribution >= 4 is 17.3 Å². The van der Waals surface area contributed by atoms with E-state index in [-0.39, 0.29) is 17.2 Å². The van der Waals surface area contributed by atoms with Crippen molar-refractivity contribution in [2.75, 3.05) is 31.1 Å². The van der Waals surface area contributed by atoms with Gasteiger partial charge in [-0.15, -0.1) is 0 Å². The van der Waals surface area contributed by atoms with Gasteiger partial charge in [-0.1, -0.05) is 11.6 Å². The minimum atomic E-state index is -0.318. The Labute approximate surface area is 117 Å². The molecule has 2 rings (SSSR count). The highest BCUT2D eigenvalue weighted by Crippen LogP contribution is 2.21. The van der Waals surface area contributed by atoms with Crippen molar-refractivity contribution in [2.24, 2.45) is 7.05 Å². The van der Waals surface area contributed by atoms with Crippen molar-refractivity contribution in [3.8, 4) is 0 Å². The van der Waals surface area contributed by atoms with Crippen molar-refractivity contribution in [3.63, 3.8) is 0 Å². The van der Waals surface area contributed by atoms with Crippen LogP contribution in [0.1, 0.15) is 12.8 Å². The van der Waals surface area contributed by atoms with E-state index in [1.165, 1.54) is 4.68 Å². The topological polar surface area (TPSA) is 70.4 Å². The molecule has 6 nitrogen and oxygen atoms in total. The Hall–Kier alpha value is -1.11. The summed E-state index contributed by atoms with van der Waals surface area (Å²) in [5.74, 6) is 0. The number of aliphatic hydroxyl groups excluding tert-OH is 1. The lowest BCUT2D eigenvalue weighted by atomic mass is 10.2. The summed E-state index contributed by atoms with van der Waals surface area (Å²) < 4.78 is 1.21. The Morgan fingerprint density at radius 2 is 2.47 bits per heavy atom. The number of aliphatic hydroxyl groups is 1. The summed E-state index contributed by atoms with van der Waals surface area (Å²) in [5, 5.41) is 16.7. The fraction of sp³-hybridized carbons (Fsp3) is 0.667. The molecule has 1 atom stereocenters. The predicted octanol–water partition coefficient (Wildman–Crippen LogP) is -0.0156. The van der Waals surface area contributed by atoms with Gasteiger partial charge in [0, 0.05) is 26.2 Å². The number of anilines is 1. The molecule has 0 bridgehead atoms. The molecule has 2 N–H and O–H groups in total. The molecule has 1 aromatic rings. The first-order valence-electron chi connectivity index (χ1n) is 6.44. The summed E-state index contributed by atoms with van der Waals surface area (Å²) in [6.45, 7) is 2.18. The van der Waals surface area contributed by atoms with Crippen molar-refractivity contribution < 1.29 is 5.11 Å². The minimum Gasteiger partial charge on any atom is -0.395 e.